The van der Waals surface area contributed by atoms with Crippen molar-refractivity contribution in [2.75, 3.05) is 19.6 Å². The Morgan fingerprint density at radius 1 is 1.50 bits per heavy atom. The quantitative estimate of drug-likeness (QED) is 0.441. The molecule has 3 nitrogen and oxygen atoms in total. The molecule has 0 unspecified atom stereocenters. The molecular weight excluding hydrogens is 126 g/mol. The fourth-order valence-corrected chi connectivity index (χ4v) is 0.755. The molecule has 0 rings (SSSR count). The first-order valence-corrected chi connectivity index (χ1v) is 3.82. The number of rotatable bonds is 4. The van der Waals surface area contributed by atoms with Crippen molar-refractivity contribution < 1.29 is 0 Å². The van der Waals surface area contributed by atoms with Crippen LogP contribution in [0.3, 0.4) is 0 Å². The maximum Gasteiger partial charge on any atom is 0.0975 e. The van der Waals surface area contributed by atoms with Crippen LogP contribution in [0.25, 0.3) is 0 Å². The molecule has 0 aliphatic carbocycles. The summed E-state index contributed by atoms with van der Waals surface area (Å²) in [5, 5.41) is 3.15. The molecule has 0 aromatic heterocycles. The monoisotopic (exact) mass is 143 g/mol. The zero-order valence-electron chi connectivity index (χ0n) is 6.85. The number of amidine groups is 1. The van der Waals surface area contributed by atoms with E-state index in [1.165, 1.54) is 0 Å². The summed E-state index contributed by atoms with van der Waals surface area (Å²) in [6.45, 7) is 6.52. The van der Waals surface area contributed by atoms with Gasteiger partial charge < -0.3 is 11.1 Å². The lowest BCUT2D eigenvalue weighted by molar-refractivity contribution is 0.890. The summed E-state index contributed by atoms with van der Waals surface area (Å²) < 4.78 is 0. The number of aliphatic imine (C=N–C) groups is 1. The van der Waals surface area contributed by atoms with E-state index in [2.05, 4.69) is 17.2 Å². The van der Waals surface area contributed by atoms with Gasteiger partial charge in [0, 0.05) is 19.5 Å². The second kappa shape index (κ2) is 6.55. The van der Waals surface area contributed by atoms with E-state index in [4.69, 9.17) is 5.73 Å². The van der Waals surface area contributed by atoms with Gasteiger partial charge in [0.1, 0.15) is 0 Å². The molecule has 0 saturated carbocycles. The van der Waals surface area contributed by atoms with Gasteiger partial charge in [-0.3, -0.25) is 4.99 Å². The lowest BCUT2D eigenvalue weighted by atomic mass is 10.4. The van der Waals surface area contributed by atoms with Gasteiger partial charge in [0.15, 0.2) is 0 Å². The second-order valence-electron chi connectivity index (χ2n) is 1.99. The molecule has 0 aliphatic rings. The van der Waals surface area contributed by atoms with Gasteiger partial charge in [-0.05, 0) is 20.4 Å². The Hall–Kier alpha value is -0.570. The van der Waals surface area contributed by atoms with Crippen molar-refractivity contribution in [3.63, 3.8) is 0 Å². The lowest BCUT2D eigenvalue weighted by Crippen LogP contribution is -2.25. The number of nitrogens with one attached hydrogen (secondary N) is 1. The van der Waals surface area contributed by atoms with Crippen molar-refractivity contribution in [1.82, 2.24) is 5.32 Å². The third kappa shape index (κ3) is 4.32. The van der Waals surface area contributed by atoms with E-state index in [1.54, 1.807) is 0 Å². The largest absolute Gasteiger partial charge is 0.374 e. The van der Waals surface area contributed by atoms with Crippen molar-refractivity contribution >= 4 is 5.84 Å². The fraction of sp³-hybridized carbons (Fsp3) is 0.857. The molecule has 0 atom stereocenters. The summed E-state index contributed by atoms with van der Waals surface area (Å²) in [7, 11) is 0. The van der Waals surface area contributed by atoms with Gasteiger partial charge >= 0.3 is 0 Å². The second-order valence-corrected chi connectivity index (χ2v) is 1.99. The average Bonchev–Trinajstić information content (AvgIpc) is 1.90. The van der Waals surface area contributed by atoms with Crippen LogP contribution < -0.4 is 11.1 Å². The third-order valence-corrected chi connectivity index (χ3v) is 1.11. The van der Waals surface area contributed by atoms with E-state index < -0.39 is 0 Å². The topological polar surface area (TPSA) is 50.4 Å². The maximum absolute atomic E-state index is 5.37. The molecule has 0 aromatic carbocycles. The molecule has 3 N–H and O–H groups in total. The molecule has 0 amide bonds. The van der Waals surface area contributed by atoms with Crippen molar-refractivity contribution in [1.29, 1.82) is 0 Å². The minimum absolute atomic E-state index is 0.672. The Kier molecular flexibility index (Phi) is 6.18. The molecule has 0 spiro atoms. The highest BCUT2D eigenvalue weighted by atomic mass is 15.0. The molecule has 0 fully saturated rings. The Balaban J connectivity index is 3.60. The van der Waals surface area contributed by atoms with E-state index in [9.17, 15) is 0 Å². The van der Waals surface area contributed by atoms with E-state index in [1.807, 2.05) is 6.92 Å². The number of hydrogen-bond acceptors (Lipinski definition) is 2. The minimum atomic E-state index is 0.672. The molecule has 10 heavy (non-hydrogen) atoms. The first-order valence-electron chi connectivity index (χ1n) is 3.82. The Labute approximate surface area is 62.7 Å². The van der Waals surface area contributed by atoms with Crippen LogP contribution in [-0.4, -0.2) is 25.5 Å². The van der Waals surface area contributed by atoms with Crippen molar-refractivity contribution in [3.8, 4) is 0 Å². The standard InChI is InChI=1S/C7H17N3/c1-3-9-7(5-6-8)10-4-2/h3-6,8H2,1-2H3,(H,9,10). The van der Waals surface area contributed by atoms with Crippen LogP contribution in [0.15, 0.2) is 4.99 Å². The van der Waals surface area contributed by atoms with Gasteiger partial charge in [-0.25, -0.2) is 0 Å². The number of nitrogens with zero attached hydrogens (tertiary/aromatic N) is 1. The van der Waals surface area contributed by atoms with E-state index >= 15 is 0 Å². The average molecular weight is 143 g/mol. The summed E-state index contributed by atoms with van der Waals surface area (Å²) >= 11 is 0. The summed E-state index contributed by atoms with van der Waals surface area (Å²) in [4.78, 5) is 4.23. The van der Waals surface area contributed by atoms with Crippen molar-refractivity contribution in [2.24, 2.45) is 10.7 Å². The first kappa shape index (κ1) is 9.43. The zero-order valence-corrected chi connectivity index (χ0v) is 6.85. The normalized spacial score (nSPS) is 11.7. The highest BCUT2D eigenvalue weighted by molar-refractivity contribution is 5.82. The highest BCUT2D eigenvalue weighted by Crippen LogP contribution is 1.80. The molecule has 0 bridgehead atoms. The predicted molar refractivity (Wildman–Crippen MR) is 45.3 cm³/mol. The molecule has 0 saturated heterocycles. The summed E-state index contributed by atoms with van der Waals surface area (Å²) in [5.41, 5.74) is 5.37. The molecular formula is C7H17N3. The van der Waals surface area contributed by atoms with Crippen LogP contribution in [-0.2, 0) is 0 Å². The fourth-order valence-electron chi connectivity index (χ4n) is 0.755. The molecule has 0 aliphatic heterocycles. The van der Waals surface area contributed by atoms with Crippen molar-refractivity contribution in [2.45, 2.75) is 20.3 Å². The van der Waals surface area contributed by atoms with Crippen LogP contribution >= 0.6 is 0 Å². The van der Waals surface area contributed by atoms with Gasteiger partial charge in [0.05, 0.1) is 5.84 Å². The van der Waals surface area contributed by atoms with Crippen molar-refractivity contribution in [3.05, 3.63) is 0 Å². The predicted octanol–water partition coefficient (Wildman–Crippen LogP) is 0.363. The molecule has 3 heteroatoms. The molecule has 0 radical (unpaired) electrons. The SMILES string of the molecule is CCN=C(CCN)NCC. The number of hydrogen-bond donors (Lipinski definition) is 2. The molecule has 0 aromatic rings. The van der Waals surface area contributed by atoms with E-state index in [-0.39, 0.29) is 0 Å². The lowest BCUT2D eigenvalue weighted by Gasteiger charge is -2.04. The van der Waals surface area contributed by atoms with Gasteiger partial charge in [0.2, 0.25) is 0 Å². The van der Waals surface area contributed by atoms with Crippen LogP contribution in [0.2, 0.25) is 0 Å². The smallest absolute Gasteiger partial charge is 0.0975 e. The van der Waals surface area contributed by atoms with Gasteiger partial charge in [-0.2, -0.15) is 0 Å². The van der Waals surface area contributed by atoms with Crippen LogP contribution in [0.4, 0.5) is 0 Å². The van der Waals surface area contributed by atoms with Gasteiger partial charge in [-0.1, -0.05) is 0 Å². The van der Waals surface area contributed by atoms with Crippen LogP contribution in [0.1, 0.15) is 20.3 Å². The molecule has 0 heterocycles. The summed E-state index contributed by atoms with van der Waals surface area (Å²) in [6.07, 6.45) is 0.863. The minimum Gasteiger partial charge on any atom is -0.374 e. The Morgan fingerprint density at radius 2 is 2.20 bits per heavy atom. The third-order valence-electron chi connectivity index (χ3n) is 1.11. The van der Waals surface area contributed by atoms with Gasteiger partial charge in [-0.15, -0.1) is 0 Å². The summed E-state index contributed by atoms with van der Waals surface area (Å²) in [6, 6.07) is 0. The van der Waals surface area contributed by atoms with Gasteiger partial charge in [0.25, 0.3) is 0 Å². The summed E-state index contributed by atoms with van der Waals surface area (Å²) in [5.74, 6) is 1.03. The van der Waals surface area contributed by atoms with E-state index in [0.29, 0.717) is 6.54 Å². The van der Waals surface area contributed by atoms with Crippen LogP contribution in [0, 0.1) is 0 Å². The highest BCUT2D eigenvalue weighted by Gasteiger charge is 1.91. The Morgan fingerprint density at radius 3 is 2.60 bits per heavy atom. The van der Waals surface area contributed by atoms with E-state index in [0.717, 1.165) is 25.3 Å². The number of nitrogens with two attached hydrogens (primary N) is 1. The zero-order chi connectivity index (χ0) is 7.82. The first-order chi connectivity index (χ1) is 4.85. The molecule has 60 valence electrons. The van der Waals surface area contributed by atoms with Crippen LogP contribution in [0.5, 0.6) is 0 Å². The maximum atomic E-state index is 5.37. The Bertz CT molecular complexity index is 91.0.